The third kappa shape index (κ3) is 3.27. The van der Waals surface area contributed by atoms with Crippen molar-refractivity contribution in [2.75, 3.05) is 6.61 Å². The molecule has 0 spiro atoms. The Balaban J connectivity index is 1.54. The maximum absolute atomic E-state index is 9.42. The third-order valence-electron chi connectivity index (χ3n) is 4.71. The molecule has 128 valence electrons. The molecule has 0 bridgehead atoms. The van der Waals surface area contributed by atoms with Gasteiger partial charge < -0.3 is 9.47 Å². The Hall–Kier alpha value is -3.25. The second kappa shape index (κ2) is 7.33. The van der Waals surface area contributed by atoms with E-state index in [1.54, 1.807) is 0 Å². The van der Waals surface area contributed by atoms with E-state index < -0.39 is 6.10 Å². The molecule has 3 nitrogen and oxygen atoms in total. The number of hydrogen-bond acceptors (Lipinski definition) is 3. The van der Waals surface area contributed by atoms with E-state index in [9.17, 15) is 5.26 Å². The SMILES string of the molecule is N#CC(Oc1ccc(C2CCOc3ccccc32)cc1)c1ccccc1. The van der Waals surface area contributed by atoms with Gasteiger partial charge in [0.05, 0.1) is 6.61 Å². The molecule has 0 aromatic heterocycles. The minimum absolute atomic E-state index is 0.329. The predicted molar refractivity (Wildman–Crippen MR) is 100 cm³/mol. The van der Waals surface area contributed by atoms with E-state index in [1.165, 1.54) is 11.1 Å². The number of fused-ring (bicyclic) bond motifs is 1. The van der Waals surface area contributed by atoms with E-state index in [4.69, 9.17) is 9.47 Å². The summed E-state index contributed by atoms with van der Waals surface area (Å²) in [6.45, 7) is 0.727. The first-order chi connectivity index (χ1) is 12.8. The summed E-state index contributed by atoms with van der Waals surface area (Å²) in [6, 6.07) is 28.0. The first-order valence-electron chi connectivity index (χ1n) is 8.78. The highest BCUT2D eigenvalue weighted by Crippen LogP contribution is 2.38. The molecule has 0 saturated heterocycles. The maximum Gasteiger partial charge on any atom is 0.209 e. The molecule has 0 saturated carbocycles. The Kier molecular flexibility index (Phi) is 4.57. The summed E-state index contributed by atoms with van der Waals surface area (Å²) in [5.74, 6) is 2.00. The highest BCUT2D eigenvalue weighted by atomic mass is 16.5. The summed E-state index contributed by atoms with van der Waals surface area (Å²) >= 11 is 0. The number of hydrogen-bond donors (Lipinski definition) is 0. The Bertz CT molecular complexity index is 913. The summed E-state index contributed by atoms with van der Waals surface area (Å²) in [5.41, 5.74) is 3.32. The first-order valence-corrected chi connectivity index (χ1v) is 8.78. The number of para-hydroxylation sites is 1. The van der Waals surface area contributed by atoms with E-state index in [0.29, 0.717) is 11.7 Å². The van der Waals surface area contributed by atoms with Crippen LogP contribution in [0.4, 0.5) is 0 Å². The van der Waals surface area contributed by atoms with E-state index in [1.807, 2.05) is 54.6 Å². The van der Waals surface area contributed by atoms with E-state index in [2.05, 4.69) is 30.3 Å². The second-order valence-electron chi connectivity index (χ2n) is 6.33. The average Bonchev–Trinajstić information content (AvgIpc) is 2.73. The molecule has 26 heavy (non-hydrogen) atoms. The number of nitrogens with zero attached hydrogens (tertiary/aromatic N) is 1. The lowest BCUT2D eigenvalue weighted by Crippen LogP contribution is -2.15. The van der Waals surface area contributed by atoms with Gasteiger partial charge in [-0.2, -0.15) is 5.26 Å². The molecule has 2 unspecified atom stereocenters. The highest BCUT2D eigenvalue weighted by Gasteiger charge is 2.22. The Morgan fingerprint density at radius 2 is 1.65 bits per heavy atom. The molecule has 0 fully saturated rings. The standard InChI is InChI=1S/C23H19NO2/c24-16-23(18-6-2-1-3-7-18)26-19-12-10-17(11-13-19)20-14-15-25-22-9-5-4-8-21(20)22/h1-13,20,23H,14-15H2. The minimum atomic E-state index is -0.606. The molecule has 0 radical (unpaired) electrons. The van der Waals surface area contributed by atoms with Crippen molar-refractivity contribution >= 4 is 0 Å². The summed E-state index contributed by atoms with van der Waals surface area (Å²) in [5, 5.41) is 9.42. The highest BCUT2D eigenvalue weighted by molar-refractivity contribution is 5.44. The molecule has 0 N–H and O–H groups in total. The molecule has 3 aromatic rings. The Morgan fingerprint density at radius 1 is 0.923 bits per heavy atom. The molecule has 1 aliphatic heterocycles. The van der Waals surface area contributed by atoms with Crippen LogP contribution in [0.3, 0.4) is 0 Å². The fourth-order valence-electron chi connectivity index (χ4n) is 3.40. The molecule has 1 aliphatic rings. The van der Waals surface area contributed by atoms with Crippen molar-refractivity contribution in [1.82, 2.24) is 0 Å². The van der Waals surface area contributed by atoms with Crippen LogP contribution in [0.25, 0.3) is 0 Å². The normalized spacial score (nSPS) is 16.7. The van der Waals surface area contributed by atoms with Gasteiger partial charge in [0.2, 0.25) is 6.10 Å². The average molecular weight is 341 g/mol. The molecule has 3 heteroatoms. The van der Waals surface area contributed by atoms with Crippen LogP contribution in [-0.2, 0) is 0 Å². The van der Waals surface area contributed by atoms with Gasteiger partial charge in [-0.15, -0.1) is 0 Å². The number of benzene rings is 3. The van der Waals surface area contributed by atoms with Gasteiger partial charge in [-0.1, -0.05) is 60.7 Å². The van der Waals surface area contributed by atoms with Gasteiger partial charge in [0.1, 0.15) is 17.6 Å². The van der Waals surface area contributed by atoms with Crippen LogP contribution >= 0.6 is 0 Å². The Morgan fingerprint density at radius 3 is 2.42 bits per heavy atom. The fraction of sp³-hybridized carbons (Fsp3) is 0.174. The number of rotatable bonds is 4. The van der Waals surface area contributed by atoms with Gasteiger partial charge in [-0.25, -0.2) is 0 Å². The summed E-state index contributed by atoms with van der Waals surface area (Å²) in [6.07, 6.45) is 0.355. The predicted octanol–water partition coefficient (Wildman–Crippen LogP) is 5.24. The van der Waals surface area contributed by atoms with Crippen LogP contribution < -0.4 is 9.47 Å². The molecule has 0 aliphatic carbocycles. The van der Waals surface area contributed by atoms with Crippen molar-refractivity contribution in [1.29, 1.82) is 5.26 Å². The molecular formula is C23H19NO2. The zero-order chi connectivity index (χ0) is 17.8. The van der Waals surface area contributed by atoms with Gasteiger partial charge >= 0.3 is 0 Å². The molecule has 2 atom stereocenters. The summed E-state index contributed by atoms with van der Waals surface area (Å²) in [7, 11) is 0. The van der Waals surface area contributed by atoms with Gasteiger partial charge in [0.15, 0.2) is 0 Å². The van der Waals surface area contributed by atoms with Crippen LogP contribution in [-0.4, -0.2) is 6.61 Å². The van der Waals surface area contributed by atoms with Crippen molar-refractivity contribution in [3.63, 3.8) is 0 Å². The Labute approximate surface area is 153 Å². The van der Waals surface area contributed by atoms with Crippen LogP contribution in [0.1, 0.15) is 35.1 Å². The van der Waals surface area contributed by atoms with Crippen molar-refractivity contribution < 1.29 is 9.47 Å². The van der Waals surface area contributed by atoms with Gasteiger partial charge in [-0.3, -0.25) is 0 Å². The van der Waals surface area contributed by atoms with Gasteiger partial charge in [-0.05, 0) is 30.2 Å². The zero-order valence-electron chi connectivity index (χ0n) is 14.3. The lowest BCUT2D eigenvalue weighted by molar-refractivity contribution is 0.262. The first kappa shape index (κ1) is 16.2. The summed E-state index contributed by atoms with van der Waals surface area (Å²) in [4.78, 5) is 0. The lowest BCUT2D eigenvalue weighted by Gasteiger charge is -2.26. The van der Waals surface area contributed by atoms with E-state index in [0.717, 1.165) is 24.3 Å². The van der Waals surface area contributed by atoms with Crippen molar-refractivity contribution in [3.8, 4) is 17.6 Å². The van der Waals surface area contributed by atoms with Crippen molar-refractivity contribution in [3.05, 3.63) is 95.6 Å². The smallest absolute Gasteiger partial charge is 0.209 e. The molecule has 4 rings (SSSR count). The third-order valence-corrected chi connectivity index (χ3v) is 4.71. The van der Waals surface area contributed by atoms with Gasteiger partial charge in [0, 0.05) is 17.0 Å². The summed E-state index contributed by atoms with van der Waals surface area (Å²) < 4.78 is 11.6. The molecular weight excluding hydrogens is 322 g/mol. The van der Waals surface area contributed by atoms with Crippen LogP contribution in [0.5, 0.6) is 11.5 Å². The molecule has 0 amide bonds. The topological polar surface area (TPSA) is 42.2 Å². The van der Waals surface area contributed by atoms with Crippen LogP contribution in [0, 0.1) is 11.3 Å². The number of nitriles is 1. The van der Waals surface area contributed by atoms with Crippen molar-refractivity contribution in [2.45, 2.75) is 18.4 Å². The molecule has 1 heterocycles. The van der Waals surface area contributed by atoms with E-state index >= 15 is 0 Å². The zero-order valence-corrected chi connectivity index (χ0v) is 14.3. The second-order valence-corrected chi connectivity index (χ2v) is 6.33. The van der Waals surface area contributed by atoms with Crippen LogP contribution in [0.15, 0.2) is 78.9 Å². The van der Waals surface area contributed by atoms with Gasteiger partial charge in [0.25, 0.3) is 0 Å². The minimum Gasteiger partial charge on any atom is -0.493 e. The van der Waals surface area contributed by atoms with Crippen LogP contribution in [0.2, 0.25) is 0 Å². The lowest BCUT2D eigenvalue weighted by atomic mass is 9.87. The largest absolute Gasteiger partial charge is 0.493 e. The monoisotopic (exact) mass is 341 g/mol. The van der Waals surface area contributed by atoms with E-state index in [-0.39, 0.29) is 0 Å². The molecule has 3 aromatic carbocycles. The maximum atomic E-state index is 9.42. The number of ether oxygens (including phenoxy) is 2. The quantitative estimate of drug-likeness (QED) is 0.651. The van der Waals surface area contributed by atoms with Crippen molar-refractivity contribution in [2.24, 2.45) is 0 Å². The fourth-order valence-corrected chi connectivity index (χ4v) is 3.40.